The molecule has 2 atom stereocenters. The van der Waals surface area contributed by atoms with Gasteiger partial charge in [0.1, 0.15) is 11.4 Å². The van der Waals surface area contributed by atoms with E-state index in [0.717, 1.165) is 0 Å². The fourth-order valence-corrected chi connectivity index (χ4v) is 2.14. The number of hydrogen-bond acceptors (Lipinski definition) is 5. The van der Waals surface area contributed by atoms with Crippen LogP contribution in [0.2, 0.25) is 0 Å². The van der Waals surface area contributed by atoms with Gasteiger partial charge >= 0.3 is 5.69 Å². The van der Waals surface area contributed by atoms with Crippen molar-refractivity contribution in [2.75, 3.05) is 13.1 Å². The van der Waals surface area contributed by atoms with E-state index in [4.69, 9.17) is 0 Å². The lowest BCUT2D eigenvalue weighted by Crippen LogP contribution is -2.24. The van der Waals surface area contributed by atoms with Gasteiger partial charge in [-0.05, 0) is 13.8 Å². The van der Waals surface area contributed by atoms with Crippen LogP contribution < -0.4 is 5.32 Å². The van der Waals surface area contributed by atoms with Crippen LogP contribution in [0.15, 0.2) is 0 Å². The maximum atomic E-state index is 10.8. The van der Waals surface area contributed by atoms with Crippen LogP contribution in [-0.2, 0) is 0 Å². The van der Waals surface area contributed by atoms with Crippen molar-refractivity contribution in [2.24, 2.45) is 0 Å². The predicted molar refractivity (Wildman–Crippen MR) is 56.3 cm³/mol. The van der Waals surface area contributed by atoms with Crippen LogP contribution in [0, 0.1) is 24.0 Å². The highest BCUT2D eigenvalue weighted by Gasteiger charge is 2.32. The molecule has 2 heterocycles. The Labute approximate surface area is 92.2 Å². The fourth-order valence-electron chi connectivity index (χ4n) is 2.14. The van der Waals surface area contributed by atoms with E-state index >= 15 is 0 Å². The minimum atomic E-state index is -0.544. The van der Waals surface area contributed by atoms with E-state index in [0.29, 0.717) is 24.5 Å². The third-order valence-electron chi connectivity index (χ3n) is 2.93. The van der Waals surface area contributed by atoms with Crippen LogP contribution in [0.3, 0.4) is 0 Å². The molecule has 7 heteroatoms. The summed E-state index contributed by atoms with van der Waals surface area (Å²) in [5.74, 6) is 0. The Kier molecular flexibility index (Phi) is 2.64. The molecule has 0 spiro atoms. The van der Waals surface area contributed by atoms with E-state index < -0.39 is 11.0 Å². The molecule has 2 rings (SSSR count). The number of nitrogens with zero attached hydrogens (tertiary/aromatic N) is 3. The molecule has 1 aliphatic heterocycles. The number of β-amino-alcohol motifs (C(OH)–C–C–N with tert-alkyl or cyclic N) is 1. The third kappa shape index (κ3) is 1.57. The lowest BCUT2D eigenvalue weighted by Gasteiger charge is -2.14. The van der Waals surface area contributed by atoms with Gasteiger partial charge in [0.2, 0.25) is 0 Å². The molecule has 16 heavy (non-hydrogen) atoms. The van der Waals surface area contributed by atoms with Gasteiger partial charge in [0.25, 0.3) is 0 Å². The molecule has 0 aromatic carbocycles. The number of rotatable bonds is 2. The van der Waals surface area contributed by atoms with E-state index in [1.165, 1.54) is 0 Å². The first-order chi connectivity index (χ1) is 7.52. The van der Waals surface area contributed by atoms with Crippen molar-refractivity contribution in [3.05, 3.63) is 21.5 Å². The number of nitrogens with one attached hydrogen (secondary N) is 1. The second kappa shape index (κ2) is 3.84. The third-order valence-corrected chi connectivity index (χ3v) is 2.93. The summed E-state index contributed by atoms with van der Waals surface area (Å²) in [5, 5.41) is 27.7. The molecule has 7 nitrogen and oxygen atoms in total. The second-order valence-corrected chi connectivity index (χ2v) is 4.01. The number of nitro groups is 1. The first-order valence-electron chi connectivity index (χ1n) is 5.11. The van der Waals surface area contributed by atoms with Crippen LogP contribution in [0.1, 0.15) is 17.4 Å². The van der Waals surface area contributed by atoms with E-state index in [9.17, 15) is 15.2 Å². The quantitative estimate of drug-likeness (QED) is 0.543. The van der Waals surface area contributed by atoms with Crippen molar-refractivity contribution >= 4 is 5.69 Å². The van der Waals surface area contributed by atoms with E-state index in [1.807, 2.05) is 0 Å². The Morgan fingerprint density at radius 3 is 2.69 bits per heavy atom. The van der Waals surface area contributed by atoms with Crippen LogP contribution >= 0.6 is 0 Å². The molecule has 1 saturated heterocycles. The fraction of sp³-hybridized carbons (Fsp3) is 0.667. The van der Waals surface area contributed by atoms with E-state index in [-0.39, 0.29) is 11.7 Å². The molecule has 0 bridgehead atoms. The Balaban J connectivity index is 2.42. The summed E-state index contributed by atoms with van der Waals surface area (Å²) in [4.78, 5) is 10.4. The largest absolute Gasteiger partial charge is 0.390 e. The van der Waals surface area contributed by atoms with Crippen LogP contribution in [-0.4, -0.2) is 39.0 Å². The molecular formula is C9H14N4O3. The van der Waals surface area contributed by atoms with Crippen molar-refractivity contribution in [2.45, 2.75) is 26.0 Å². The summed E-state index contributed by atoms with van der Waals surface area (Å²) in [7, 11) is 0. The first-order valence-corrected chi connectivity index (χ1v) is 5.11. The summed E-state index contributed by atoms with van der Waals surface area (Å²) in [5.41, 5.74) is 0.927. The zero-order chi connectivity index (χ0) is 11.9. The second-order valence-electron chi connectivity index (χ2n) is 4.01. The number of hydrogen-bond donors (Lipinski definition) is 2. The number of aryl methyl sites for hydroxylation is 1. The molecule has 1 aromatic heterocycles. The Bertz CT molecular complexity index is 429. The van der Waals surface area contributed by atoms with Crippen molar-refractivity contribution in [3.8, 4) is 0 Å². The molecule has 2 unspecified atom stereocenters. The van der Waals surface area contributed by atoms with Gasteiger partial charge in [-0.3, -0.25) is 14.8 Å². The van der Waals surface area contributed by atoms with Gasteiger partial charge in [-0.25, -0.2) is 0 Å². The van der Waals surface area contributed by atoms with Gasteiger partial charge in [0.15, 0.2) is 0 Å². The number of aliphatic hydroxyl groups is 1. The summed E-state index contributed by atoms with van der Waals surface area (Å²) in [6.45, 7) is 4.34. The molecule has 1 aromatic rings. The molecule has 88 valence electrons. The highest BCUT2D eigenvalue weighted by Crippen LogP contribution is 2.26. The van der Waals surface area contributed by atoms with Crippen molar-refractivity contribution < 1.29 is 10.0 Å². The van der Waals surface area contributed by atoms with E-state index in [1.54, 1.807) is 18.5 Å². The van der Waals surface area contributed by atoms with Crippen LogP contribution in [0.25, 0.3) is 0 Å². The van der Waals surface area contributed by atoms with Gasteiger partial charge in [0.05, 0.1) is 17.1 Å². The molecule has 0 radical (unpaired) electrons. The average Bonchev–Trinajstić information content (AvgIpc) is 2.70. The number of aromatic nitrogens is 2. The standard InChI is InChI=1S/C9H14N4O3/c1-5-9(13(15)16)6(2)12(11-5)7-3-10-4-8(7)14/h7-8,10,14H,3-4H2,1-2H3. The Morgan fingerprint density at radius 2 is 2.25 bits per heavy atom. The minimum absolute atomic E-state index is 0.0408. The molecule has 0 amide bonds. The van der Waals surface area contributed by atoms with Crippen LogP contribution in [0.5, 0.6) is 0 Å². The summed E-state index contributed by atoms with van der Waals surface area (Å²) in [6, 6.07) is -0.215. The zero-order valence-corrected chi connectivity index (χ0v) is 9.17. The first kappa shape index (κ1) is 11.0. The minimum Gasteiger partial charge on any atom is -0.390 e. The number of aliphatic hydroxyl groups excluding tert-OH is 1. The highest BCUT2D eigenvalue weighted by atomic mass is 16.6. The normalized spacial score (nSPS) is 24.9. The van der Waals surface area contributed by atoms with Crippen LogP contribution in [0.4, 0.5) is 5.69 Å². The SMILES string of the molecule is Cc1nn(C2CNCC2O)c(C)c1[N+](=O)[O-]. The maximum absolute atomic E-state index is 10.8. The maximum Gasteiger partial charge on any atom is 0.312 e. The molecule has 0 aliphatic carbocycles. The molecule has 1 aliphatic rings. The monoisotopic (exact) mass is 226 g/mol. The smallest absolute Gasteiger partial charge is 0.312 e. The van der Waals surface area contributed by atoms with Crippen molar-refractivity contribution in [1.82, 2.24) is 15.1 Å². The summed E-state index contributed by atoms with van der Waals surface area (Å²) >= 11 is 0. The zero-order valence-electron chi connectivity index (χ0n) is 9.17. The highest BCUT2D eigenvalue weighted by molar-refractivity contribution is 5.39. The Hall–Kier alpha value is -1.47. The summed E-state index contributed by atoms with van der Waals surface area (Å²) in [6.07, 6.45) is -0.544. The van der Waals surface area contributed by atoms with Gasteiger partial charge < -0.3 is 10.4 Å². The lowest BCUT2D eigenvalue weighted by molar-refractivity contribution is -0.386. The molecular weight excluding hydrogens is 212 g/mol. The van der Waals surface area contributed by atoms with Gasteiger partial charge in [-0.1, -0.05) is 0 Å². The van der Waals surface area contributed by atoms with Crippen molar-refractivity contribution in [3.63, 3.8) is 0 Å². The molecule has 0 saturated carbocycles. The van der Waals surface area contributed by atoms with Gasteiger partial charge in [-0.15, -0.1) is 0 Å². The van der Waals surface area contributed by atoms with Gasteiger partial charge in [-0.2, -0.15) is 5.10 Å². The molecule has 2 N–H and O–H groups in total. The summed E-state index contributed by atoms with van der Waals surface area (Å²) < 4.78 is 1.55. The topological polar surface area (TPSA) is 93.2 Å². The van der Waals surface area contributed by atoms with E-state index in [2.05, 4.69) is 10.4 Å². The van der Waals surface area contributed by atoms with Crippen molar-refractivity contribution in [1.29, 1.82) is 0 Å². The molecule has 1 fully saturated rings. The predicted octanol–water partition coefficient (Wildman–Crippen LogP) is -0.0867. The lowest BCUT2D eigenvalue weighted by atomic mass is 10.2. The average molecular weight is 226 g/mol. The van der Waals surface area contributed by atoms with Gasteiger partial charge in [0, 0.05) is 13.1 Å². The Morgan fingerprint density at radius 1 is 1.56 bits per heavy atom.